The first-order chi connectivity index (χ1) is 15.0. The summed E-state index contributed by atoms with van der Waals surface area (Å²) in [7, 11) is 0. The van der Waals surface area contributed by atoms with Crippen LogP contribution in [-0.4, -0.2) is 21.8 Å². The van der Waals surface area contributed by atoms with Gasteiger partial charge in [0.1, 0.15) is 10.5 Å². The van der Waals surface area contributed by atoms with Gasteiger partial charge in [-0.1, -0.05) is 72.3 Å². The van der Waals surface area contributed by atoms with E-state index >= 15 is 0 Å². The molecule has 154 valence electrons. The monoisotopic (exact) mass is 427 g/mol. The molecule has 1 aromatic heterocycles. The van der Waals surface area contributed by atoms with E-state index in [4.69, 9.17) is 0 Å². The molecule has 1 N–H and O–H groups in total. The molecule has 0 bridgehead atoms. The van der Waals surface area contributed by atoms with Crippen molar-refractivity contribution in [3.8, 4) is 10.6 Å². The van der Waals surface area contributed by atoms with Crippen LogP contribution in [0.25, 0.3) is 21.3 Å². The number of aryl methyl sites for hydroxylation is 1. The van der Waals surface area contributed by atoms with Crippen LogP contribution in [0.15, 0.2) is 72.1 Å². The van der Waals surface area contributed by atoms with Crippen LogP contribution < -0.4 is 5.32 Å². The number of nitrogens with zero attached hydrogens (tertiary/aromatic N) is 2. The summed E-state index contributed by atoms with van der Waals surface area (Å²) in [5.41, 5.74) is 2.59. The van der Waals surface area contributed by atoms with Crippen LogP contribution in [0.2, 0.25) is 0 Å². The van der Waals surface area contributed by atoms with Crippen LogP contribution in [-0.2, 0) is 16.9 Å². The molecule has 4 aromatic rings. The third kappa shape index (κ3) is 3.29. The molecule has 0 aliphatic carbocycles. The first-order valence-electron chi connectivity index (χ1n) is 10.1. The summed E-state index contributed by atoms with van der Waals surface area (Å²) in [6.07, 6.45) is 0. The van der Waals surface area contributed by atoms with Crippen molar-refractivity contribution in [1.82, 2.24) is 15.2 Å². The highest BCUT2D eigenvalue weighted by Crippen LogP contribution is 2.35. The summed E-state index contributed by atoms with van der Waals surface area (Å²) in [5, 5.41) is 7.68. The average Bonchev–Trinajstić information content (AvgIpc) is 3.33. The second-order valence-electron chi connectivity index (χ2n) is 7.98. The lowest BCUT2D eigenvalue weighted by atomic mass is 9.88. The van der Waals surface area contributed by atoms with E-state index in [0.29, 0.717) is 5.69 Å². The molecule has 3 aromatic carbocycles. The zero-order valence-corrected chi connectivity index (χ0v) is 18.1. The zero-order chi connectivity index (χ0) is 21.6. The van der Waals surface area contributed by atoms with Gasteiger partial charge in [0.2, 0.25) is 0 Å². The van der Waals surface area contributed by atoms with Crippen LogP contribution in [0, 0.1) is 6.92 Å². The van der Waals surface area contributed by atoms with Crippen molar-refractivity contribution in [2.45, 2.75) is 25.9 Å². The van der Waals surface area contributed by atoms with E-state index in [1.54, 1.807) is 6.92 Å². The van der Waals surface area contributed by atoms with Crippen molar-refractivity contribution in [2.24, 2.45) is 0 Å². The molecule has 2 heterocycles. The van der Waals surface area contributed by atoms with Crippen molar-refractivity contribution >= 4 is 34.0 Å². The van der Waals surface area contributed by atoms with Gasteiger partial charge in [-0.15, -0.1) is 11.3 Å². The minimum atomic E-state index is -1.12. The maximum Gasteiger partial charge on any atom is 0.325 e. The standard InChI is InChI=1S/C25H21N3O2S/c1-16-10-12-18(13-11-16)22-26-19(15-31-22)14-28-23(29)25(2,27-24(28)30)21-9-5-7-17-6-3-4-8-20(17)21/h3-13,15H,14H2,1-2H3,(H,27,30). The minimum absolute atomic E-state index is 0.146. The number of nitrogens with one attached hydrogen (secondary N) is 1. The van der Waals surface area contributed by atoms with E-state index in [1.807, 2.05) is 79.0 Å². The Bertz CT molecular complexity index is 1310. The summed E-state index contributed by atoms with van der Waals surface area (Å²) >= 11 is 1.51. The third-order valence-electron chi connectivity index (χ3n) is 5.77. The van der Waals surface area contributed by atoms with Crippen LogP contribution in [0.5, 0.6) is 0 Å². The molecule has 0 saturated carbocycles. The van der Waals surface area contributed by atoms with Crippen LogP contribution >= 0.6 is 11.3 Å². The van der Waals surface area contributed by atoms with Crippen molar-refractivity contribution in [2.75, 3.05) is 0 Å². The predicted molar refractivity (Wildman–Crippen MR) is 123 cm³/mol. The molecule has 31 heavy (non-hydrogen) atoms. The van der Waals surface area contributed by atoms with Crippen molar-refractivity contribution < 1.29 is 9.59 Å². The van der Waals surface area contributed by atoms with Gasteiger partial charge in [0, 0.05) is 10.9 Å². The number of carbonyl (C=O) groups excluding carboxylic acids is 2. The fourth-order valence-electron chi connectivity index (χ4n) is 4.05. The number of benzene rings is 3. The Balaban J connectivity index is 1.44. The van der Waals surface area contributed by atoms with Crippen LogP contribution in [0.4, 0.5) is 4.79 Å². The second kappa shape index (κ2) is 7.32. The lowest BCUT2D eigenvalue weighted by Crippen LogP contribution is -2.41. The first kappa shape index (κ1) is 19.5. The van der Waals surface area contributed by atoms with Crippen molar-refractivity contribution in [3.05, 3.63) is 88.9 Å². The molecule has 0 spiro atoms. The Hall–Kier alpha value is -3.51. The maximum atomic E-state index is 13.4. The normalized spacial score (nSPS) is 18.6. The summed E-state index contributed by atoms with van der Waals surface area (Å²) in [6.45, 7) is 3.96. The highest BCUT2D eigenvalue weighted by Gasteiger charge is 2.49. The lowest BCUT2D eigenvalue weighted by molar-refractivity contribution is -0.131. The smallest absolute Gasteiger partial charge is 0.319 e. The van der Waals surface area contributed by atoms with Gasteiger partial charge >= 0.3 is 6.03 Å². The fourth-order valence-corrected chi connectivity index (χ4v) is 4.87. The van der Waals surface area contributed by atoms with E-state index < -0.39 is 11.6 Å². The molecule has 1 aliphatic heterocycles. The van der Waals surface area contributed by atoms with E-state index in [2.05, 4.69) is 10.3 Å². The number of fused-ring (bicyclic) bond motifs is 1. The fraction of sp³-hybridized carbons (Fsp3) is 0.160. The van der Waals surface area contributed by atoms with Gasteiger partial charge in [-0.2, -0.15) is 0 Å². The molecule has 5 rings (SSSR count). The highest BCUT2D eigenvalue weighted by atomic mass is 32.1. The molecule has 6 heteroatoms. The second-order valence-corrected chi connectivity index (χ2v) is 8.84. The number of hydrogen-bond acceptors (Lipinski definition) is 4. The van der Waals surface area contributed by atoms with E-state index in [-0.39, 0.29) is 12.5 Å². The number of carbonyl (C=O) groups is 2. The Morgan fingerprint density at radius 1 is 1.00 bits per heavy atom. The number of thiazole rings is 1. The first-order valence-corrected chi connectivity index (χ1v) is 11.0. The van der Waals surface area contributed by atoms with Gasteiger partial charge < -0.3 is 5.32 Å². The molecule has 1 aliphatic rings. The Morgan fingerprint density at radius 3 is 2.55 bits per heavy atom. The van der Waals surface area contributed by atoms with Gasteiger partial charge in [0.25, 0.3) is 5.91 Å². The maximum absolute atomic E-state index is 13.4. The van der Waals surface area contributed by atoms with Gasteiger partial charge in [0.05, 0.1) is 12.2 Å². The van der Waals surface area contributed by atoms with Gasteiger partial charge in [-0.25, -0.2) is 9.78 Å². The molecule has 1 atom stereocenters. The van der Waals surface area contributed by atoms with Gasteiger partial charge in [0.15, 0.2) is 0 Å². The highest BCUT2D eigenvalue weighted by molar-refractivity contribution is 7.13. The number of aromatic nitrogens is 1. The number of amides is 3. The summed E-state index contributed by atoms with van der Waals surface area (Å²) in [4.78, 5) is 32.1. The molecule has 1 fully saturated rings. The Morgan fingerprint density at radius 2 is 1.74 bits per heavy atom. The quantitative estimate of drug-likeness (QED) is 0.453. The molecule has 3 amide bonds. The van der Waals surface area contributed by atoms with E-state index in [0.717, 1.165) is 26.9 Å². The zero-order valence-electron chi connectivity index (χ0n) is 17.3. The Kier molecular flexibility index (Phi) is 4.59. The van der Waals surface area contributed by atoms with Crippen molar-refractivity contribution in [3.63, 3.8) is 0 Å². The summed E-state index contributed by atoms with van der Waals surface area (Å²) in [5.74, 6) is -0.265. The van der Waals surface area contributed by atoms with E-state index in [1.165, 1.54) is 21.8 Å². The van der Waals surface area contributed by atoms with Gasteiger partial charge in [-0.3, -0.25) is 9.69 Å². The van der Waals surface area contributed by atoms with Crippen molar-refractivity contribution in [1.29, 1.82) is 0 Å². The number of rotatable bonds is 4. The molecule has 0 radical (unpaired) electrons. The van der Waals surface area contributed by atoms with E-state index in [9.17, 15) is 9.59 Å². The van der Waals surface area contributed by atoms with Crippen LogP contribution in [0.3, 0.4) is 0 Å². The molecule has 1 saturated heterocycles. The van der Waals surface area contributed by atoms with Gasteiger partial charge in [-0.05, 0) is 30.2 Å². The molecule has 1 unspecified atom stereocenters. The largest absolute Gasteiger partial charge is 0.325 e. The molecular weight excluding hydrogens is 406 g/mol. The topological polar surface area (TPSA) is 62.3 Å². The Labute approximate surface area is 184 Å². The number of urea groups is 1. The van der Waals surface area contributed by atoms with Crippen LogP contribution in [0.1, 0.15) is 23.7 Å². The average molecular weight is 428 g/mol. The summed E-state index contributed by atoms with van der Waals surface area (Å²) in [6, 6.07) is 21.5. The third-order valence-corrected chi connectivity index (χ3v) is 6.71. The number of hydrogen-bond donors (Lipinski definition) is 1. The number of imide groups is 1. The lowest BCUT2D eigenvalue weighted by Gasteiger charge is -2.24. The molecular formula is C25H21N3O2S. The molecule has 5 nitrogen and oxygen atoms in total. The minimum Gasteiger partial charge on any atom is -0.319 e. The SMILES string of the molecule is Cc1ccc(-c2nc(CN3C(=O)NC(C)(c4cccc5ccccc45)C3=O)cs2)cc1. The predicted octanol–water partition coefficient (Wildman–Crippen LogP) is 5.24. The summed E-state index contributed by atoms with van der Waals surface area (Å²) < 4.78 is 0.